The van der Waals surface area contributed by atoms with Gasteiger partial charge in [-0.2, -0.15) is 0 Å². The lowest BCUT2D eigenvalue weighted by Crippen LogP contribution is -2.13. The largest absolute Gasteiger partial charge is 0.427 e. The average molecular weight is 381 g/mol. The summed E-state index contributed by atoms with van der Waals surface area (Å²) >= 11 is 0. The summed E-state index contributed by atoms with van der Waals surface area (Å²) in [4.78, 5) is 11.5. The second-order valence-electron chi connectivity index (χ2n) is 8.52. The molecular weight excluding hydrogens is 344 g/mol. The molecule has 2 nitrogen and oxygen atoms in total. The number of carbonyl (C=O) groups is 1. The number of esters is 1. The van der Waals surface area contributed by atoms with Crippen molar-refractivity contribution in [1.82, 2.24) is 0 Å². The van der Waals surface area contributed by atoms with Crippen LogP contribution >= 0.6 is 0 Å². The summed E-state index contributed by atoms with van der Waals surface area (Å²) in [5.41, 5.74) is 1.48. The van der Waals surface area contributed by atoms with Gasteiger partial charge in [0.25, 0.3) is 0 Å². The van der Waals surface area contributed by atoms with Crippen LogP contribution in [0.25, 0.3) is 10.8 Å². The van der Waals surface area contributed by atoms with Crippen LogP contribution < -0.4 is 4.74 Å². The average Bonchev–Trinajstić information content (AvgIpc) is 2.73. The molecule has 1 saturated carbocycles. The number of rotatable bonds is 9. The minimum absolute atomic E-state index is 0.182. The summed E-state index contributed by atoms with van der Waals surface area (Å²) < 4.78 is 5.34. The summed E-state index contributed by atoms with van der Waals surface area (Å²) in [6, 6.07) is 12.8. The predicted molar refractivity (Wildman–Crippen MR) is 118 cm³/mol. The first-order valence-electron chi connectivity index (χ1n) is 11.4. The molecule has 1 fully saturated rings. The zero-order chi connectivity index (χ0) is 19.8. The van der Waals surface area contributed by atoms with Crippen molar-refractivity contribution in [3.63, 3.8) is 0 Å². The Kier molecular flexibility index (Phi) is 7.94. The van der Waals surface area contributed by atoms with Gasteiger partial charge in [-0.25, -0.2) is 0 Å². The number of benzene rings is 2. The van der Waals surface area contributed by atoms with Crippen molar-refractivity contribution >= 4 is 16.7 Å². The molecule has 0 unspecified atom stereocenters. The molecule has 0 heterocycles. The normalized spacial score (nSPS) is 19.6. The summed E-state index contributed by atoms with van der Waals surface area (Å²) in [7, 11) is 0. The summed E-state index contributed by atoms with van der Waals surface area (Å²) in [5.74, 6) is 2.12. The van der Waals surface area contributed by atoms with E-state index >= 15 is 0 Å². The maximum Gasteiger partial charge on any atom is 0.310 e. The van der Waals surface area contributed by atoms with Gasteiger partial charge >= 0.3 is 5.97 Å². The minimum Gasteiger partial charge on any atom is -0.427 e. The molecule has 2 heteroatoms. The molecule has 0 aliphatic heterocycles. The van der Waals surface area contributed by atoms with Gasteiger partial charge in [-0.1, -0.05) is 76.6 Å². The highest BCUT2D eigenvalue weighted by atomic mass is 16.5. The van der Waals surface area contributed by atoms with E-state index in [0.29, 0.717) is 18.1 Å². The first-order chi connectivity index (χ1) is 13.7. The number of ether oxygens (including phenoxy) is 1. The van der Waals surface area contributed by atoms with Crippen LogP contribution in [0, 0.1) is 5.92 Å². The fourth-order valence-corrected chi connectivity index (χ4v) is 4.58. The molecule has 0 spiro atoms. The molecule has 152 valence electrons. The van der Waals surface area contributed by atoms with Crippen LogP contribution in [0.5, 0.6) is 5.75 Å². The smallest absolute Gasteiger partial charge is 0.310 e. The molecule has 2 aromatic rings. The Morgan fingerprint density at radius 1 is 0.893 bits per heavy atom. The highest BCUT2D eigenvalue weighted by Crippen LogP contribution is 2.38. The highest BCUT2D eigenvalue weighted by molar-refractivity contribution is 5.85. The van der Waals surface area contributed by atoms with Crippen molar-refractivity contribution in [2.45, 2.75) is 90.4 Å². The SMILES string of the molecule is CCCCCCCC1CCC(c2ccc3cc(OC(=O)CC)ccc3c2)CC1. The van der Waals surface area contributed by atoms with Crippen molar-refractivity contribution in [2.75, 3.05) is 0 Å². The number of fused-ring (bicyclic) bond motifs is 1. The Hall–Kier alpha value is -1.83. The predicted octanol–water partition coefficient (Wildman–Crippen LogP) is 7.79. The Balaban J connectivity index is 1.53. The van der Waals surface area contributed by atoms with Crippen LogP contribution in [0.2, 0.25) is 0 Å². The van der Waals surface area contributed by atoms with E-state index in [0.717, 1.165) is 11.3 Å². The van der Waals surface area contributed by atoms with Gasteiger partial charge in [0, 0.05) is 6.42 Å². The van der Waals surface area contributed by atoms with Gasteiger partial charge < -0.3 is 4.74 Å². The summed E-state index contributed by atoms with van der Waals surface area (Å²) in [5, 5.41) is 2.39. The van der Waals surface area contributed by atoms with Crippen LogP contribution in [0.15, 0.2) is 36.4 Å². The number of unbranched alkanes of at least 4 members (excludes halogenated alkanes) is 4. The van der Waals surface area contributed by atoms with E-state index in [2.05, 4.69) is 31.2 Å². The van der Waals surface area contributed by atoms with E-state index in [9.17, 15) is 4.79 Å². The number of carbonyl (C=O) groups excluding carboxylic acids is 1. The van der Waals surface area contributed by atoms with Crippen LogP contribution in [0.4, 0.5) is 0 Å². The van der Waals surface area contributed by atoms with Crippen LogP contribution in [0.3, 0.4) is 0 Å². The maximum absolute atomic E-state index is 11.5. The number of hydrogen-bond donors (Lipinski definition) is 0. The van der Waals surface area contributed by atoms with Gasteiger partial charge in [0.15, 0.2) is 0 Å². The molecule has 0 N–H and O–H groups in total. The third-order valence-corrected chi connectivity index (χ3v) is 6.39. The fourth-order valence-electron chi connectivity index (χ4n) is 4.58. The molecule has 0 radical (unpaired) electrons. The molecule has 0 bridgehead atoms. The molecule has 0 atom stereocenters. The molecule has 28 heavy (non-hydrogen) atoms. The second-order valence-corrected chi connectivity index (χ2v) is 8.52. The summed E-state index contributed by atoms with van der Waals surface area (Å²) in [6.07, 6.45) is 14.3. The number of hydrogen-bond acceptors (Lipinski definition) is 2. The molecular formula is C26H36O2. The van der Waals surface area contributed by atoms with Crippen LogP contribution in [-0.4, -0.2) is 5.97 Å². The lowest BCUT2D eigenvalue weighted by atomic mass is 9.77. The standard InChI is InChI=1S/C26H36O2/c1-3-5-6-7-8-9-20-10-12-21(13-11-20)22-14-15-24-19-25(28-26(27)4-2)17-16-23(24)18-22/h14-21H,3-13H2,1-2H3. The van der Waals surface area contributed by atoms with E-state index in [-0.39, 0.29) is 5.97 Å². The van der Waals surface area contributed by atoms with E-state index in [1.165, 1.54) is 75.2 Å². The van der Waals surface area contributed by atoms with Gasteiger partial charge in [-0.15, -0.1) is 0 Å². The molecule has 0 aromatic heterocycles. The van der Waals surface area contributed by atoms with Crippen LogP contribution in [0.1, 0.15) is 96.0 Å². The van der Waals surface area contributed by atoms with E-state index in [1.807, 2.05) is 19.1 Å². The Bertz CT molecular complexity index is 756. The first kappa shape index (κ1) is 20.9. The minimum atomic E-state index is -0.182. The Labute approximate surface area is 170 Å². The topological polar surface area (TPSA) is 26.3 Å². The zero-order valence-electron chi connectivity index (χ0n) is 17.7. The molecule has 0 saturated heterocycles. The van der Waals surface area contributed by atoms with Crippen molar-refractivity contribution < 1.29 is 9.53 Å². The van der Waals surface area contributed by atoms with Crippen LogP contribution in [-0.2, 0) is 4.79 Å². The molecule has 1 aliphatic carbocycles. The van der Waals surface area contributed by atoms with Gasteiger partial charge in [-0.3, -0.25) is 4.79 Å². The quantitative estimate of drug-likeness (QED) is 0.252. The third kappa shape index (κ3) is 5.83. The van der Waals surface area contributed by atoms with Crippen molar-refractivity contribution in [3.8, 4) is 5.75 Å². The molecule has 3 rings (SSSR count). The van der Waals surface area contributed by atoms with Crippen molar-refractivity contribution in [1.29, 1.82) is 0 Å². The maximum atomic E-state index is 11.5. The third-order valence-electron chi connectivity index (χ3n) is 6.39. The van der Waals surface area contributed by atoms with Gasteiger partial charge in [0.2, 0.25) is 0 Å². The molecule has 0 amide bonds. The fraction of sp³-hybridized carbons (Fsp3) is 0.577. The second kappa shape index (κ2) is 10.6. The van der Waals surface area contributed by atoms with Crippen molar-refractivity contribution in [3.05, 3.63) is 42.0 Å². The van der Waals surface area contributed by atoms with E-state index in [1.54, 1.807) is 0 Å². The molecule has 2 aromatic carbocycles. The monoisotopic (exact) mass is 380 g/mol. The van der Waals surface area contributed by atoms with Gasteiger partial charge in [0.05, 0.1) is 0 Å². The lowest BCUT2D eigenvalue weighted by molar-refractivity contribution is -0.134. The summed E-state index contributed by atoms with van der Waals surface area (Å²) in [6.45, 7) is 4.10. The van der Waals surface area contributed by atoms with Crippen molar-refractivity contribution in [2.24, 2.45) is 5.92 Å². The molecule has 1 aliphatic rings. The Morgan fingerprint density at radius 2 is 1.61 bits per heavy atom. The lowest BCUT2D eigenvalue weighted by Gasteiger charge is -2.29. The van der Waals surface area contributed by atoms with E-state index < -0.39 is 0 Å². The highest BCUT2D eigenvalue weighted by Gasteiger charge is 2.22. The zero-order valence-corrected chi connectivity index (χ0v) is 17.7. The van der Waals surface area contributed by atoms with Gasteiger partial charge in [-0.05, 0) is 66.0 Å². The van der Waals surface area contributed by atoms with E-state index in [4.69, 9.17) is 4.74 Å². The van der Waals surface area contributed by atoms with Gasteiger partial charge in [0.1, 0.15) is 5.75 Å². The Morgan fingerprint density at radius 3 is 2.36 bits per heavy atom. The first-order valence-corrected chi connectivity index (χ1v) is 11.4.